The number of ether oxygens (including phenoxy) is 1. The van der Waals surface area contributed by atoms with Crippen molar-refractivity contribution in [3.8, 4) is 11.5 Å². The Morgan fingerprint density at radius 1 is 1.25 bits per heavy atom. The minimum Gasteiger partial charge on any atom is -0.507 e. The predicted molar refractivity (Wildman–Crippen MR) is 78.8 cm³/mol. The molecule has 0 spiro atoms. The van der Waals surface area contributed by atoms with Gasteiger partial charge in [0.1, 0.15) is 11.5 Å². The van der Waals surface area contributed by atoms with Crippen molar-refractivity contribution in [1.29, 1.82) is 0 Å². The molecule has 2 aromatic carbocycles. The lowest BCUT2D eigenvalue weighted by Crippen LogP contribution is -2.12. The molecule has 0 atom stereocenters. The van der Waals surface area contributed by atoms with Crippen LogP contribution in [0.5, 0.6) is 11.5 Å². The van der Waals surface area contributed by atoms with Crippen molar-refractivity contribution in [3.63, 3.8) is 0 Å². The number of halogens is 1. The molecule has 2 N–H and O–H groups in total. The number of methoxy groups -OCH3 is 1. The molecule has 0 aliphatic heterocycles. The van der Waals surface area contributed by atoms with E-state index in [4.69, 9.17) is 16.3 Å². The number of phenolic OH excluding ortho intramolecular Hbond substituents is 1. The van der Waals surface area contributed by atoms with Gasteiger partial charge in [-0.3, -0.25) is 4.79 Å². The van der Waals surface area contributed by atoms with Crippen molar-refractivity contribution in [1.82, 2.24) is 0 Å². The van der Waals surface area contributed by atoms with Gasteiger partial charge >= 0.3 is 0 Å². The van der Waals surface area contributed by atoms with E-state index in [9.17, 15) is 9.90 Å². The van der Waals surface area contributed by atoms with E-state index in [1.165, 1.54) is 19.2 Å². The highest BCUT2D eigenvalue weighted by atomic mass is 35.5. The standard InChI is InChI=1S/C15H14ClNO3/c1-9-3-5-13(12(16)7-9)17-15(19)11-8-10(20-2)4-6-14(11)18/h3-8,18H,1-2H3,(H,17,19). The van der Waals surface area contributed by atoms with Crippen molar-refractivity contribution in [2.75, 3.05) is 12.4 Å². The first-order chi connectivity index (χ1) is 9.51. The summed E-state index contributed by atoms with van der Waals surface area (Å²) in [7, 11) is 1.49. The van der Waals surface area contributed by atoms with Crippen LogP contribution in [0.1, 0.15) is 15.9 Å². The Kier molecular flexibility index (Phi) is 4.15. The molecule has 0 heterocycles. The maximum atomic E-state index is 12.2. The largest absolute Gasteiger partial charge is 0.507 e. The SMILES string of the molecule is COc1ccc(O)c(C(=O)Nc2ccc(C)cc2Cl)c1. The minimum absolute atomic E-state index is 0.119. The number of anilines is 1. The highest BCUT2D eigenvalue weighted by Crippen LogP contribution is 2.26. The summed E-state index contributed by atoms with van der Waals surface area (Å²) < 4.78 is 5.03. The van der Waals surface area contributed by atoms with Gasteiger partial charge in [-0.15, -0.1) is 0 Å². The number of hydrogen-bond acceptors (Lipinski definition) is 3. The van der Waals surface area contributed by atoms with E-state index >= 15 is 0 Å². The monoisotopic (exact) mass is 291 g/mol. The average molecular weight is 292 g/mol. The number of phenols is 1. The molecule has 5 heteroatoms. The first-order valence-corrected chi connectivity index (χ1v) is 6.33. The highest BCUT2D eigenvalue weighted by Gasteiger charge is 2.14. The molecule has 20 heavy (non-hydrogen) atoms. The van der Waals surface area contributed by atoms with E-state index in [0.29, 0.717) is 16.5 Å². The number of amides is 1. The number of hydrogen-bond donors (Lipinski definition) is 2. The fraction of sp³-hybridized carbons (Fsp3) is 0.133. The zero-order chi connectivity index (χ0) is 14.7. The lowest BCUT2D eigenvalue weighted by atomic mass is 10.1. The second-order valence-electron chi connectivity index (χ2n) is 4.32. The van der Waals surface area contributed by atoms with E-state index in [-0.39, 0.29) is 11.3 Å². The van der Waals surface area contributed by atoms with Gasteiger partial charge in [-0.2, -0.15) is 0 Å². The van der Waals surface area contributed by atoms with Crippen LogP contribution < -0.4 is 10.1 Å². The third-order valence-corrected chi connectivity index (χ3v) is 3.13. The Bertz CT molecular complexity index is 656. The van der Waals surface area contributed by atoms with Gasteiger partial charge in [0.15, 0.2) is 0 Å². The van der Waals surface area contributed by atoms with Crippen LogP contribution in [0, 0.1) is 6.92 Å². The zero-order valence-electron chi connectivity index (χ0n) is 11.1. The van der Waals surface area contributed by atoms with Crippen LogP contribution in [-0.4, -0.2) is 18.1 Å². The molecule has 0 unspecified atom stereocenters. The number of carbonyl (C=O) groups excluding carboxylic acids is 1. The summed E-state index contributed by atoms with van der Waals surface area (Å²) in [6, 6.07) is 9.75. The highest BCUT2D eigenvalue weighted by molar-refractivity contribution is 6.34. The van der Waals surface area contributed by atoms with Crippen molar-refractivity contribution < 1.29 is 14.6 Å². The molecule has 0 saturated carbocycles. The number of nitrogens with one attached hydrogen (secondary N) is 1. The van der Waals surface area contributed by atoms with Gasteiger partial charge in [-0.05, 0) is 42.8 Å². The fourth-order valence-corrected chi connectivity index (χ4v) is 2.02. The van der Waals surface area contributed by atoms with Gasteiger partial charge in [-0.1, -0.05) is 17.7 Å². The van der Waals surface area contributed by atoms with Crippen LogP contribution in [0.15, 0.2) is 36.4 Å². The Morgan fingerprint density at radius 3 is 2.65 bits per heavy atom. The molecule has 104 valence electrons. The third kappa shape index (κ3) is 3.03. The zero-order valence-corrected chi connectivity index (χ0v) is 11.9. The Balaban J connectivity index is 2.28. The lowest BCUT2D eigenvalue weighted by molar-refractivity contribution is 0.102. The normalized spacial score (nSPS) is 10.2. The molecular formula is C15H14ClNO3. The quantitative estimate of drug-likeness (QED) is 0.908. The number of carbonyl (C=O) groups is 1. The molecule has 0 aliphatic carbocycles. The van der Waals surface area contributed by atoms with E-state index < -0.39 is 5.91 Å². The van der Waals surface area contributed by atoms with Crippen LogP contribution in [-0.2, 0) is 0 Å². The molecule has 0 aromatic heterocycles. The predicted octanol–water partition coefficient (Wildman–Crippen LogP) is 3.61. The number of aryl methyl sites for hydroxylation is 1. The summed E-state index contributed by atoms with van der Waals surface area (Å²) in [6.45, 7) is 1.91. The van der Waals surface area contributed by atoms with Crippen LogP contribution in [0.25, 0.3) is 0 Å². The molecule has 1 amide bonds. The second kappa shape index (κ2) is 5.84. The minimum atomic E-state index is -0.452. The van der Waals surface area contributed by atoms with Crippen LogP contribution in [0.3, 0.4) is 0 Å². The Hall–Kier alpha value is -2.20. The van der Waals surface area contributed by atoms with E-state index in [1.807, 2.05) is 13.0 Å². The van der Waals surface area contributed by atoms with E-state index in [2.05, 4.69) is 5.32 Å². The van der Waals surface area contributed by atoms with Gasteiger partial charge in [0.2, 0.25) is 0 Å². The molecule has 2 rings (SSSR count). The average Bonchev–Trinajstić information content (AvgIpc) is 2.42. The summed E-state index contributed by atoms with van der Waals surface area (Å²) in [4.78, 5) is 12.2. The molecule has 2 aromatic rings. The Labute approximate surface area is 122 Å². The summed E-state index contributed by atoms with van der Waals surface area (Å²) >= 11 is 6.06. The van der Waals surface area contributed by atoms with Crippen LogP contribution >= 0.6 is 11.6 Å². The smallest absolute Gasteiger partial charge is 0.259 e. The second-order valence-corrected chi connectivity index (χ2v) is 4.73. The number of benzene rings is 2. The Morgan fingerprint density at radius 2 is 2.00 bits per heavy atom. The molecule has 0 bridgehead atoms. The molecule has 0 aliphatic rings. The maximum absolute atomic E-state index is 12.2. The summed E-state index contributed by atoms with van der Waals surface area (Å²) in [5.41, 5.74) is 1.61. The summed E-state index contributed by atoms with van der Waals surface area (Å²) in [5, 5.41) is 12.8. The molecule has 4 nitrogen and oxygen atoms in total. The van der Waals surface area contributed by atoms with Gasteiger partial charge < -0.3 is 15.2 Å². The summed E-state index contributed by atoms with van der Waals surface area (Å²) in [5.74, 6) is -0.0818. The third-order valence-electron chi connectivity index (χ3n) is 2.82. The molecular weight excluding hydrogens is 278 g/mol. The maximum Gasteiger partial charge on any atom is 0.259 e. The number of rotatable bonds is 3. The van der Waals surface area contributed by atoms with Crippen molar-refractivity contribution in [3.05, 3.63) is 52.5 Å². The van der Waals surface area contributed by atoms with Crippen molar-refractivity contribution >= 4 is 23.2 Å². The topological polar surface area (TPSA) is 58.6 Å². The molecule has 0 radical (unpaired) electrons. The lowest BCUT2D eigenvalue weighted by Gasteiger charge is -2.10. The molecule has 0 saturated heterocycles. The van der Waals surface area contributed by atoms with Gasteiger partial charge in [-0.25, -0.2) is 0 Å². The van der Waals surface area contributed by atoms with E-state index in [0.717, 1.165) is 5.56 Å². The number of aromatic hydroxyl groups is 1. The fourth-order valence-electron chi connectivity index (χ4n) is 1.74. The first kappa shape index (κ1) is 14.2. The van der Waals surface area contributed by atoms with Crippen molar-refractivity contribution in [2.24, 2.45) is 0 Å². The van der Waals surface area contributed by atoms with Gasteiger partial charge in [0.25, 0.3) is 5.91 Å². The first-order valence-electron chi connectivity index (χ1n) is 5.96. The van der Waals surface area contributed by atoms with Crippen LogP contribution in [0.2, 0.25) is 5.02 Å². The molecule has 0 fully saturated rings. The van der Waals surface area contributed by atoms with Crippen molar-refractivity contribution in [2.45, 2.75) is 6.92 Å². The van der Waals surface area contributed by atoms with E-state index in [1.54, 1.807) is 18.2 Å². The van der Waals surface area contributed by atoms with Gasteiger partial charge in [0.05, 0.1) is 23.4 Å². The van der Waals surface area contributed by atoms with Crippen LogP contribution in [0.4, 0.5) is 5.69 Å². The summed E-state index contributed by atoms with van der Waals surface area (Å²) in [6.07, 6.45) is 0. The van der Waals surface area contributed by atoms with Gasteiger partial charge in [0, 0.05) is 0 Å².